The number of aromatic nitrogens is 2. The van der Waals surface area contributed by atoms with Gasteiger partial charge >= 0.3 is 5.97 Å². The molecule has 2 aromatic heterocycles. The second-order valence-electron chi connectivity index (χ2n) is 9.22. The Bertz CT molecular complexity index is 1620. The van der Waals surface area contributed by atoms with Gasteiger partial charge in [-0.3, -0.25) is 14.9 Å². The molecule has 1 atom stereocenters. The topological polar surface area (TPSA) is 134 Å². The number of H-pyrrole nitrogens is 1. The lowest BCUT2D eigenvalue weighted by Crippen LogP contribution is -2.40. The van der Waals surface area contributed by atoms with Crippen molar-refractivity contribution in [2.45, 2.75) is 26.5 Å². The van der Waals surface area contributed by atoms with Crippen LogP contribution in [0.5, 0.6) is 5.75 Å². The number of hydrogen-bond donors (Lipinski definition) is 3. The molecule has 1 unspecified atom stereocenters. The third-order valence-corrected chi connectivity index (χ3v) is 8.28. The minimum absolute atomic E-state index is 0.0246. The van der Waals surface area contributed by atoms with Crippen LogP contribution in [-0.4, -0.2) is 57.5 Å². The molecule has 13 heteroatoms. The van der Waals surface area contributed by atoms with Gasteiger partial charge in [0, 0.05) is 18.8 Å². The van der Waals surface area contributed by atoms with Gasteiger partial charge in [-0.05, 0) is 37.1 Å². The second-order valence-corrected chi connectivity index (χ2v) is 11.0. The average Bonchev–Trinajstić information content (AvgIpc) is 3.45. The first-order chi connectivity index (χ1) is 19.1. The summed E-state index contributed by atoms with van der Waals surface area (Å²) in [6.45, 7) is 5.20. The molecule has 3 N–H and O–H groups in total. The molecule has 0 radical (unpaired) electrons. The van der Waals surface area contributed by atoms with Crippen molar-refractivity contribution in [3.63, 3.8) is 0 Å². The Morgan fingerprint density at radius 3 is 2.65 bits per heavy atom. The first kappa shape index (κ1) is 27.9. The molecule has 3 heterocycles. The average molecular weight is 603 g/mol. The third-order valence-electron chi connectivity index (χ3n) is 6.42. The van der Waals surface area contributed by atoms with Gasteiger partial charge in [-0.2, -0.15) is 0 Å². The van der Waals surface area contributed by atoms with Gasteiger partial charge in [0.25, 0.3) is 5.91 Å². The van der Waals surface area contributed by atoms with Crippen LogP contribution in [0.3, 0.4) is 0 Å². The van der Waals surface area contributed by atoms with Crippen LogP contribution < -0.4 is 10.1 Å². The Labute approximate surface area is 242 Å². The molecule has 1 aliphatic rings. The lowest BCUT2D eigenvalue weighted by atomic mass is 10.1. The number of nitrogens with one attached hydrogen (secondary N) is 2. The van der Waals surface area contributed by atoms with Gasteiger partial charge < -0.3 is 24.5 Å². The minimum atomic E-state index is -1.12. The van der Waals surface area contributed by atoms with E-state index in [1.54, 1.807) is 11.8 Å². The summed E-state index contributed by atoms with van der Waals surface area (Å²) in [7, 11) is 0. The van der Waals surface area contributed by atoms with Crippen LogP contribution in [0, 0.1) is 6.92 Å². The van der Waals surface area contributed by atoms with Gasteiger partial charge in [-0.15, -0.1) is 0 Å². The van der Waals surface area contributed by atoms with Gasteiger partial charge in [-0.25, -0.2) is 9.78 Å². The van der Waals surface area contributed by atoms with E-state index in [4.69, 9.17) is 32.7 Å². The molecular formula is C27H24Cl2N4O6S. The molecule has 0 aliphatic carbocycles. The molecule has 1 aliphatic heterocycles. The number of fused-ring (bicyclic) bond motifs is 1. The largest absolute Gasteiger partial charge is 0.484 e. The van der Waals surface area contributed by atoms with Crippen LogP contribution in [0.15, 0.2) is 36.4 Å². The van der Waals surface area contributed by atoms with Crippen LogP contribution in [0.25, 0.3) is 10.2 Å². The number of nitrogens with zero attached hydrogens (tertiary/aromatic N) is 2. The number of aromatic carboxylic acids is 1. The Balaban J connectivity index is 1.36. The predicted molar refractivity (Wildman–Crippen MR) is 152 cm³/mol. The molecule has 1 saturated heterocycles. The van der Waals surface area contributed by atoms with Crippen LogP contribution in [0.4, 0.5) is 5.13 Å². The number of thiazole rings is 1. The first-order valence-electron chi connectivity index (χ1n) is 12.2. The molecule has 1 fully saturated rings. The fraction of sp³-hybridized carbons (Fsp3) is 0.259. The first-order valence-corrected chi connectivity index (χ1v) is 13.8. The minimum Gasteiger partial charge on any atom is -0.484 e. The molecule has 2 amide bonds. The number of ether oxygens (including phenoxy) is 2. The van der Waals surface area contributed by atoms with Crippen molar-refractivity contribution in [2.24, 2.45) is 0 Å². The smallest absolute Gasteiger partial charge is 0.335 e. The maximum absolute atomic E-state index is 12.8. The monoisotopic (exact) mass is 602 g/mol. The summed E-state index contributed by atoms with van der Waals surface area (Å²) >= 11 is 13.4. The van der Waals surface area contributed by atoms with E-state index in [0.29, 0.717) is 35.6 Å². The molecule has 4 aromatic rings. The maximum atomic E-state index is 12.8. The molecule has 208 valence electrons. The fourth-order valence-corrected chi connectivity index (χ4v) is 5.58. The Kier molecular flexibility index (Phi) is 7.99. The highest BCUT2D eigenvalue weighted by Crippen LogP contribution is 2.37. The zero-order valence-electron chi connectivity index (χ0n) is 21.4. The maximum Gasteiger partial charge on any atom is 0.335 e. The summed E-state index contributed by atoms with van der Waals surface area (Å²) in [5.41, 5.74) is 2.91. The van der Waals surface area contributed by atoms with Gasteiger partial charge in [-0.1, -0.05) is 58.8 Å². The quantitative estimate of drug-likeness (QED) is 0.236. The van der Waals surface area contributed by atoms with Crippen molar-refractivity contribution in [2.75, 3.05) is 25.1 Å². The summed E-state index contributed by atoms with van der Waals surface area (Å²) in [6, 6.07) is 10.6. The van der Waals surface area contributed by atoms with E-state index in [9.17, 15) is 19.5 Å². The van der Waals surface area contributed by atoms with E-state index >= 15 is 0 Å². The summed E-state index contributed by atoms with van der Waals surface area (Å²) in [5.74, 6) is -1.43. The van der Waals surface area contributed by atoms with Crippen molar-refractivity contribution < 1.29 is 29.0 Å². The lowest BCUT2D eigenvalue weighted by molar-refractivity contribution is -0.143. The number of carboxylic acids is 1. The molecule has 0 bridgehead atoms. The van der Waals surface area contributed by atoms with E-state index in [1.165, 1.54) is 12.1 Å². The van der Waals surface area contributed by atoms with Crippen LogP contribution in [0.2, 0.25) is 10.0 Å². The van der Waals surface area contributed by atoms with Crippen molar-refractivity contribution >= 4 is 67.7 Å². The van der Waals surface area contributed by atoms with Gasteiger partial charge in [0.1, 0.15) is 29.7 Å². The summed E-state index contributed by atoms with van der Waals surface area (Å²) in [5, 5.41) is 12.9. The van der Waals surface area contributed by atoms with E-state index in [2.05, 4.69) is 15.3 Å². The SMILES string of the molecule is Cc1[nH]c(C(=O)Nc2nc3c(OC(C)c4ccc(CN5CCOCC5=O)cc4)cc(C(=O)O)cc3s2)c(Cl)c1Cl. The van der Waals surface area contributed by atoms with Gasteiger partial charge in [0.2, 0.25) is 5.91 Å². The van der Waals surface area contributed by atoms with Crippen LogP contribution in [-0.2, 0) is 16.1 Å². The van der Waals surface area contributed by atoms with Crippen LogP contribution in [0.1, 0.15) is 50.7 Å². The number of carbonyl (C=O) groups excluding carboxylic acids is 2. The molecule has 10 nitrogen and oxygen atoms in total. The summed E-state index contributed by atoms with van der Waals surface area (Å²) in [6.07, 6.45) is -0.450. The van der Waals surface area contributed by atoms with Crippen molar-refractivity contribution in [3.8, 4) is 5.75 Å². The number of aryl methyl sites for hydroxylation is 1. The highest BCUT2D eigenvalue weighted by Gasteiger charge is 2.22. The van der Waals surface area contributed by atoms with E-state index in [-0.39, 0.29) is 44.7 Å². The molecule has 0 spiro atoms. The van der Waals surface area contributed by atoms with Crippen molar-refractivity contribution in [1.29, 1.82) is 0 Å². The predicted octanol–water partition coefficient (Wildman–Crippen LogP) is 5.69. The standard InChI is InChI=1S/C27H24Cl2N4O6S/c1-13-21(28)22(29)24(30-13)25(35)32-27-31-23-18(9-17(26(36)37)10-19(23)40-27)39-14(2)16-5-3-15(4-6-16)11-33-7-8-38-12-20(33)34/h3-6,9-10,14,30H,7-8,11-12H2,1-2H3,(H,36,37)(H,31,32,35). The highest BCUT2D eigenvalue weighted by molar-refractivity contribution is 7.22. The number of morpholine rings is 1. The summed E-state index contributed by atoms with van der Waals surface area (Å²) in [4.78, 5) is 45.7. The fourth-order valence-electron chi connectivity index (χ4n) is 4.24. The van der Waals surface area contributed by atoms with E-state index < -0.39 is 18.0 Å². The van der Waals surface area contributed by atoms with Crippen molar-refractivity contribution in [3.05, 3.63) is 74.5 Å². The Morgan fingerprint density at radius 2 is 2.00 bits per heavy atom. The van der Waals surface area contributed by atoms with Crippen LogP contribution >= 0.6 is 34.5 Å². The number of halogens is 2. The van der Waals surface area contributed by atoms with Gasteiger partial charge in [0.05, 0.1) is 26.9 Å². The number of anilines is 1. The lowest BCUT2D eigenvalue weighted by Gasteiger charge is -2.27. The summed E-state index contributed by atoms with van der Waals surface area (Å²) < 4.78 is 11.9. The Morgan fingerprint density at radius 1 is 1.25 bits per heavy atom. The number of carbonyl (C=O) groups is 3. The number of hydrogen-bond acceptors (Lipinski definition) is 7. The number of carboxylic acid groups (broad SMARTS) is 1. The second kappa shape index (κ2) is 11.5. The highest BCUT2D eigenvalue weighted by atomic mass is 35.5. The zero-order valence-corrected chi connectivity index (χ0v) is 23.7. The number of rotatable bonds is 8. The molecule has 0 saturated carbocycles. The van der Waals surface area contributed by atoms with Crippen molar-refractivity contribution in [1.82, 2.24) is 14.9 Å². The number of aromatic amines is 1. The van der Waals surface area contributed by atoms with Gasteiger partial charge in [0.15, 0.2) is 5.13 Å². The van der Waals surface area contributed by atoms with E-state index in [0.717, 1.165) is 22.5 Å². The molecule has 40 heavy (non-hydrogen) atoms. The number of amides is 2. The zero-order chi connectivity index (χ0) is 28.6. The number of benzene rings is 2. The third kappa shape index (κ3) is 5.78. The molecule has 2 aromatic carbocycles. The molecule has 5 rings (SSSR count). The molecular weight excluding hydrogens is 579 g/mol. The normalized spacial score (nSPS) is 14.4. The Hall–Kier alpha value is -3.64. The van der Waals surface area contributed by atoms with E-state index in [1.807, 2.05) is 31.2 Å².